The van der Waals surface area contributed by atoms with E-state index in [-0.39, 0.29) is 17.7 Å². The molecule has 3 rings (SSSR count). The number of methoxy groups -OCH3 is 1. The molecule has 2 aromatic carbocycles. The number of amides is 2. The van der Waals surface area contributed by atoms with Crippen molar-refractivity contribution in [2.75, 3.05) is 30.4 Å². The van der Waals surface area contributed by atoms with E-state index in [1.807, 2.05) is 42.5 Å². The van der Waals surface area contributed by atoms with E-state index < -0.39 is 0 Å². The van der Waals surface area contributed by atoms with Gasteiger partial charge in [-0.15, -0.1) is 0 Å². The molecule has 2 aromatic rings. The van der Waals surface area contributed by atoms with Gasteiger partial charge < -0.3 is 20.7 Å². The maximum atomic E-state index is 12.8. The standard InChI is InChI=1S/C21H25N3O3/c1-14(13-22)21(26)23-17-7-6-16-8-9-24(19(16)12-17)20(25)11-15-4-3-5-18(10-15)27-2/h3-7,10,12,14H,8-9,11,13,22H2,1-2H3,(H,23,26). The average molecular weight is 367 g/mol. The first-order valence-electron chi connectivity index (χ1n) is 9.09. The first-order valence-corrected chi connectivity index (χ1v) is 9.09. The van der Waals surface area contributed by atoms with Crippen LogP contribution in [0.2, 0.25) is 0 Å². The van der Waals surface area contributed by atoms with Crippen LogP contribution in [0.15, 0.2) is 42.5 Å². The van der Waals surface area contributed by atoms with Crippen LogP contribution >= 0.6 is 0 Å². The maximum Gasteiger partial charge on any atom is 0.231 e. The van der Waals surface area contributed by atoms with Gasteiger partial charge in [0.15, 0.2) is 0 Å². The zero-order valence-electron chi connectivity index (χ0n) is 15.7. The molecular weight excluding hydrogens is 342 g/mol. The Morgan fingerprint density at radius 1 is 1.26 bits per heavy atom. The van der Waals surface area contributed by atoms with Crippen molar-refractivity contribution in [1.29, 1.82) is 0 Å². The lowest BCUT2D eigenvalue weighted by Crippen LogP contribution is -2.30. The summed E-state index contributed by atoms with van der Waals surface area (Å²) in [4.78, 5) is 26.7. The Labute approximate surface area is 159 Å². The molecule has 0 aliphatic carbocycles. The summed E-state index contributed by atoms with van der Waals surface area (Å²) in [6.45, 7) is 2.73. The molecular formula is C21H25N3O3. The smallest absolute Gasteiger partial charge is 0.231 e. The van der Waals surface area contributed by atoms with E-state index in [1.54, 1.807) is 18.9 Å². The van der Waals surface area contributed by atoms with E-state index >= 15 is 0 Å². The zero-order chi connectivity index (χ0) is 19.4. The Morgan fingerprint density at radius 2 is 2.07 bits per heavy atom. The number of nitrogens with two attached hydrogens (primary N) is 1. The molecule has 6 nitrogen and oxygen atoms in total. The van der Waals surface area contributed by atoms with Crippen LogP contribution in [0.1, 0.15) is 18.1 Å². The lowest BCUT2D eigenvalue weighted by molar-refractivity contribution is -0.119. The highest BCUT2D eigenvalue weighted by molar-refractivity contribution is 5.98. The van der Waals surface area contributed by atoms with Crippen molar-refractivity contribution in [3.05, 3.63) is 53.6 Å². The molecule has 0 bridgehead atoms. The van der Waals surface area contributed by atoms with Gasteiger partial charge in [0.05, 0.1) is 13.5 Å². The first kappa shape index (κ1) is 18.9. The molecule has 0 radical (unpaired) electrons. The molecule has 0 saturated heterocycles. The van der Waals surface area contributed by atoms with Crippen molar-refractivity contribution in [2.45, 2.75) is 19.8 Å². The largest absolute Gasteiger partial charge is 0.497 e. The van der Waals surface area contributed by atoms with E-state index in [1.165, 1.54) is 0 Å². The fraction of sp³-hybridized carbons (Fsp3) is 0.333. The van der Waals surface area contributed by atoms with Crippen LogP contribution in [0.3, 0.4) is 0 Å². The van der Waals surface area contributed by atoms with Gasteiger partial charge in [0.25, 0.3) is 0 Å². The second-order valence-corrected chi connectivity index (χ2v) is 6.79. The summed E-state index contributed by atoms with van der Waals surface area (Å²) in [5, 5.41) is 2.87. The van der Waals surface area contributed by atoms with Crippen molar-refractivity contribution in [3.8, 4) is 5.75 Å². The van der Waals surface area contributed by atoms with Gasteiger partial charge in [0.1, 0.15) is 5.75 Å². The molecule has 27 heavy (non-hydrogen) atoms. The number of carbonyl (C=O) groups excluding carboxylic acids is 2. The highest BCUT2D eigenvalue weighted by Gasteiger charge is 2.25. The third kappa shape index (κ3) is 4.28. The Morgan fingerprint density at radius 3 is 2.81 bits per heavy atom. The van der Waals surface area contributed by atoms with Crippen LogP contribution in [-0.2, 0) is 22.4 Å². The van der Waals surface area contributed by atoms with Crippen molar-refractivity contribution in [3.63, 3.8) is 0 Å². The monoisotopic (exact) mass is 367 g/mol. The lowest BCUT2D eigenvalue weighted by atomic mass is 10.1. The van der Waals surface area contributed by atoms with E-state index in [4.69, 9.17) is 10.5 Å². The number of carbonyl (C=O) groups is 2. The normalized spacial score (nSPS) is 13.8. The highest BCUT2D eigenvalue weighted by atomic mass is 16.5. The number of ether oxygens (including phenoxy) is 1. The molecule has 1 unspecified atom stereocenters. The summed E-state index contributed by atoms with van der Waals surface area (Å²) in [6, 6.07) is 13.2. The molecule has 2 amide bonds. The van der Waals surface area contributed by atoms with Gasteiger partial charge in [-0.3, -0.25) is 9.59 Å². The molecule has 0 spiro atoms. The minimum atomic E-state index is -0.260. The molecule has 6 heteroatoms. The second kappa shape index (κ2) is 8.22. The summed E-state index contributed by atoms with van der Waals surface area (Å²) in [5.41, 5.74) is 9.11. The molecule has 142 valence electrons. The van der Waals surface area contributed by atoms with Crippen LogP contribution in [0.25, 0.3) is 0 Å². The van der Waals surface area contributed by atoms with E-state index in [9.17, 15) is 9.59 Å². The van der Waals surface area contributed by atoms with Crippen LogP contribution in [0, 0.1) is 5.92 Å². The fourth-order valence-corrected chi connectivity index (χ4v) is 3.14. The van der Waals surface area contributed by atoms with Gasteiger partial charge in [0.2, 0.25) is 11.8 Å². The lowest BCUT2D eigenvalue weighted by Gasteiger charge is -2.19. The van der Waals surface area contributed by atoms with Crippen LogP contribution in [0.4, 0.5) is 11.4 Å². The van der Waals surface area contributed by atoms with E-state index in [2.05, 4.69) is 5.32 Å². The molecule has 1 atom stereocenters. The summed E-state index contributed by atoms with van der Waals surface area (Å²) >= 11 is 0. The Bertz CT molecular complexity index is 850. The van der Waals surface area contributed by atoms with Gasteiger partial charge in [-0.05, 0) is 41.8 Å². The first-order chi connectivity index (χ1) is 13.0. The predicted molar refractivity (Wildman–Crippen MR) is 106 cm³/mol. The minimum Gasteiger partial charge on any atom is -0.497 e. The Balaban J connectivity index is 1.75. The molecule has 1 heterocycles. The van der Waals surface area contributed by atoms with Crippen molar-refractivity contribution in [1.82, 2.24) is 0 Å². The van der Waals surface area contributed by atoms with Crippen molar-refractivity contribution < 1.29 is 14.3 Å². The molecule has 1 aliphatic rings. The Kier molecular flexibility index (Phi) is 5.76. The second-order valence-electron chi connectivity index (χ2n) is 6.79. The summed E-state index contributed by atoms with van der Waals surface area (Å²) < 4.78 is 5.23. The Hall–Kier alpha value is -2.86. The predicted octanol–water partition coefficient (Wildman–Crippen LogP) is 2.36. The number of anilines is 2. The van der Waals surface area contributed by atoms with E-state index in [0.717, 1.165) is 29.0 Å². The van der Waals surface area contributed by atoms with Gasteiger partial charge >= 0.3 is 0 Å². The number of nitrogens with one attached hydrogen (secondary N) is 1. The molecule has 0 saturated carbocycles. The minimum absolute atomic E-state index is 0.0285. The number of nitrogens with zero attached hydrogens (tertiary/aromatic N) is 1. The van der Waals surface area contributed by atoms with Crippen LogP contribution < -0.4 is 20.7 Å². The van der Waals surface area contributed by atoms with Gasteiger partial charge in [-0.25, -0.2) is 0 Å². The third-order valence-electron chi connectivity index (χ3n) is 4.84. The van der Waals surface area contributed by atoms with Gasteiger partial charge in [-0.2, -0.15) is 0 Å². The summed E-state index contributed by atoms with van der Waals surface area (Å²) in [5.74, 6) is 0.385. The quantitative estimate of drug-likeness (QED) is 0.821. The van der Waals surface area contributed by atoms with Crippen LogP contribution in [0.5, 0.6) is 5.75 Å². The fourth-order valence-electron chi connectivity index (χ4n) is 3.14. The molecule has 1 aliphatic heterocycles. The molecule has 0 fully saturated rings. The maximum absolute atomic E-state index is 12.8. The van der Waals surface area contributed by atoms with Gasteiger partial charge in [-0.1, -0.05) is 25.1 Å². The number of benzene rings is 2. The van der Waals surface area contributed by atoms with Crippen LogP contribution in [-0.4, -0.2) is 32.0 Å². The van der Waals surface area contributed by atoms with Crippen molar-refractivity contribution in [2.24, 2.45) is 11.7 Å². The van der Waals surface area contributed by atoms with Gasteiger partial charge in [0, 0.05) is 30.4 Å². The molecule has 3 N–H and O–H groups in total. The topological polar surface area (TPSA) is 84.7 Å². The molecule has 0 aromatic heterocycles. The number of fused-ring (bicyclic) bond motifs is 1. The summed E-state index contributed by atoms with van der Waals surface area (Å²) in [7, 11) is 1.61. The third-order valence-corrected chi connectivity index (χ3v) is 4.84. The SMILES string of the molecule is COc1cccc(CC(=O)N2CCc3ccc(NC(=O)C(C)CN)cc32)c1. The average Bonchev–Trinajstić information content (AvgIpc) is 3.10. The van der Waals surface area contributed by atoms with E-state index in [0.29, 0.717) is 25.2 Å². The van der Waals surface area contributed by atoms with Crippen molar-refractivity contribution >= 4 is 23.2 Å². The zero-order valence-corrected chi connectivity index (χ0v) is 15.7. The highest BCUT2D eigenvalue weighted by Crippen LogP contribution is 2.31. The number of rotatable bonds is 6. The number of hydrogen-bond acceptors (Lipinski definition) is 4. The summed E-state index contributed by atoms with van der Waals surface area (Å²) in [6.07, 6.45) is 1.12. The number of hydrogen-bond donors (Lipinski definition) is 2.